The van der Waals surface area contributed by atoms with Crippen molar-refractivity contribution in [1.29, 1.82) is 0 Å². The molecule has 0 N–H and O–H groups in total. The van der Waals surface area contributed by atoms with Crippen LogP contribution < -0.4 is 4.90 Å². The number of rotatable bonds is 4. The standard InChI is InChI=1S/C44H29N/c1-2-11-30(12-3-1)31-23-26-36(27-24-31)45(41-20-10-16-32-13-4-7-17-37(32)41)42-29-35-22-21-33-14-5-8-18-38(33)43(35)44-39-19-9-6-15-34(39)25-28-40(42)44/h1-29H. The highest BCUT2D eigenvalue weighted by Crippen LogP contribution is 2.47. The molecule has 0 fully saturated rings. The third-order valence-corrected chi connectivity index (χ3v) is 9.19. The van der Waals surface area contributed by atoms with Gasteiger partial charge in [0.25, 0.3) is 0 Å². The van der Waals surface area contributed by atoms with Crippen LogP contribution in [0.1, 0.15) is 0 Å². The van der Waals surface area contributed by atoms with Gasteiger partial charge in [0.1, 0.15) is 0 Å². The number of fused-ring (bicyclic) bond motifs is 8. The SMILES string of the molecule is c1ccc(-c2ccc(N(c3cccc4ccccc34)c3cc4ccc5ccccc5c4c4c3ccc3ccccc34)cc2)cc1. The van der Waals surface area contributed by atoms with Crippen molar-refractivity contribution in [3.8, 4) is 11.1 Å². The molecule has 1 heteroatoms. The van der Waals surface area contributed by atoms with Crippen LogP contribution in [0, 0.1) is 0 Å². The Morgan fingerprint density at radius 2 is 0.822 bits per heavy atom. The molecule has 1 nitrogen and oxygen atoms in total. The minimum Gasteiger partial charge on any atom is -0.309 e. The van der Waals surface area contributed by atoms with Gasteiger partial charge in [-0.15, -0.1) is 0 Å². The van der Waals surface area contributed by atoms with Crippen molar-refractivity contribution >= 4 is 70.9 Å². The molecule has 0 radical (unpaired) electrons. The van der Waals surface area contributed by atoms with Gasteiger partial charge in [0.05, 0.1) is 11.4 Å². The third-order valence-electron chi connectivity index (χ3n) is 9.19. The highest BCUT2D eigenvalue weighted by molar-refractivity contribution is 6.30. The third kappa shape index (κ3) is 4.17. The molecule has 210 valence electrons. The lowest BCUT2D eigenvalue weighted by atomic mass is 9.91. The molecule has 0 aromatic heterocycles. The molecule has 0 aliphatic heterocycles. The summed E-state index contributed by atoms with van der Waals surface area (Å²) in [5, 5.41) is 12.6. The largest absolute Gasteiger partial charge is 0.309 e. The highest BCUT2D eigenvalue weighted by Gasteiger charge is 2.21. The van der Waals surface area contributed by atoms with Crippen molar-refractivity contribution in [1.82, 2.24) is 0 Å². The van der Waals surface area contributed by atoms with E-state index in [0.29, 0.717) is 0 Å². The van der Waals surface area contributed by atoms with Gasteiger partial charge in [-0.2, -0.15) is 0 Å². The van der Waals surface area contributed by atoms with Crippen LogP contribution in [0.3, 0.4) is 0 Å². The van der Waals surface area contributed by atoms with Crippen LogP contribution in [-0.2, 0) is 0 Å². The Morgan fingerprint density at radius 1 is 0.289 bits per heavy atom. The van der Waals surface area contributed by atoms with E-state index in [0.717, 1.165) is 11.4 Å². The topological polar surface area (TPSA) is 3.24 Å². The Morgan fingerprint density at radius 3 is 1.56 bits per heavy atom. The molecule has 0 spiro atoms. The van der Waals surface area contributed by atoms with Crippen LogP contribution in [0.25, 0.3) is 65.0 Å². The van der Waals surface area contributed by atoms with E-state index in [1.807, 2.05) is 0 Å². The van der Waals surface area contributed by atoms with Gasteiger partial charge in [0, 0.05) is 21.8 Å². The van der Waals surface area contributed by atoms with Crippen molar-refractivity contribution in [3.63, 3.8) is 0 Å². The van der Waals surface area contributed by atoms with Crippen LogP contribution in [0.4, 0.5) is 17.1 Å². The first-order valence-electron chi connectivity index (χ1n) is 15.5. The first-order valence-corrected chi connectivity index (χ1v) is 15.5. The molecule has 0 heterocycles. The van der Waals surface area contributed by atoms with E-state index in [-0.39, 0.29) is 0 Å². The van der Waals surface area contributed by atoms with Gasteiger partial charge in [-0.25, -0.2) is 0 Å². The van der Waals surface area contributed by atoms with Gasteiger partial charge < -0.3 is 4.90 Å². The fraction of sp³-hybridized carbons (Fsp3) is 0. The molecule has 0 saturated carbocycles. The van der Waals surface area contributed by atoms with Crippen molar-refractivity contribution < 1.29 is 0 Å². The van der Waals surface area contributed by atoms with Gasteiger partial charge in [0.2, 0.25) is 0 Å². The van der Waals surface area contributed by atoms with Crippen LogP contribution in [0.5, 0.6) is 0 Å². The van der Waals surface area contributed by atoms with Gasteiger partial charge in [-0.05, 0) is 73.1 Å². The normalized spacial score (nSPS) is 11.6. The van der Waals surface area contributed by atoms with E-state index < -0.39 is 0 Å². The summed E-state index contributed by atoms with van der Waals surface area (Å²) in [7, 11) is 0. The Kier molecular flexibility index (Phi) is 5.89. The second-order valence-corrected chi connectivity index (χ2v) is 11.7. The summed E-state index contributed by atoms with van der Waals surface area (Å²) in [6.07, 6.45) is 0. The molecule has 0 aliphatic carbocycles. The molecule has 0 saturated heterocycles. The lowest BCUT2D eigenvalue weighted by molar-refractivity contribution is 1.32. The predicted octanol–water partition coefficient (Wildman–Crippen LogP) is 12.6. The molecule has 9 rings (SSSR count). The molecule has 0 bridgehead atoms. The van der Waals surface area contributed by atoms with Crippen molar-refractivity contribution in [2.24, 2.45) is 0 Å². The smallest absolute Gasteiger partial charge is 0.0546 e. The maximum atomic E-state index is 2.46. The Labute approximate surface area is 262 Å². The van der Waals surface area contributed by atoms with E-state index in [9.17, 15) is 0 Å². The summed E-state index contributed by atoms with van der Waals surface area (Å²) in [6, 6.07) is 64.1. The van der Waals surface area contributed by atoms with Gasteiger partial charge in [0.15, 0.2) is 0 Å². The second-order valence-electron chi connectivity index (χ2n) is 11.7. The number of hydrogen-bond acceptors (Lipinski definition) is 1. The minimum atomic E-state index is 1.13. The van der Waals surface area contributed by atoms with Crippen molar-refractivity contribution in [2.75, 3.05) is 4.90 Å². The van der Waals surface area contributed by atoms with Crippen LogP contribution >= 0.6 is 0 Å². The summed E-state index contributed by atoms with van der Waals surface area (Å²) < 4.78 is 0. The number of benzene rings is 9. The summed E-state index contributed by atoms with van der Waals surface area (Å²) in [6.45, 7) is 0. The van der Waals surface area contributed by atoms with Crippen LogP contribution in [0.2, 0.25) is 0 Å². The molecule has 0 aliphatic rings. The average Bonchev–Trinajstić information content (AvgIpc) is 3.12. The quantitative estimate of drug-likeness (QED) is 0.190. The van der Waals surface area contributed by atoms with Crippen LogP contribution in [-0.4, -0.2) is 0 Å². The lowest BCUT2D eigenvalue weighted by Crippen LogP contribution is -2.11. The van der Waals surface area contributed by atoms with Crippen molar-refractivity contribution in [3.05, 3.63) is 176 Å². The number of hydrogen-bond donors (Lipinski definition) is 0. The summed E-state index contributed by atoms with van der Waals surface area (Å²) in [5.74, 6) is 0. The summed E-state index contributed by atoms with van der Waals surface area (Å²) in [5.41, 5.74) is 5.88. The maximum Gasteiger partial charge on any atom is 0.0546 e. The fourth-order valence-electron chi connectivity index (χ4n) is 7.10. The zero-order valence-corrected chi connectivity index (χ0v) is 24.7. The van der Waals surface area contributed by atoms with Gasteiger partial charge in [-0.3, -0.25) is 0 Å². The average molecular weight is 572 g/mol. The summed E-state index contributed by atoms with van der Waals surface area (Å²) >= 11 is 0. The molecule has 9 aromatic rings. The zero-order valence-electron chi connectivity index (χ0n) is 24.7. The second kappa shape index (κ2) is 10.4. The highest BCUT2D eigenvalue weighted by atomic mass is 15.1. The first kappa shape index (κ1) is 25.6. The Bertz CT molecular complexity index is 2520. The number of nitrogens with zero attached hydrogens (tertiary/aromatic N) is 1. The predicted molar refractivity (Wildman–Crippen MR) is 194 cm³/mol. The number of anilines is 3. The lowest BCUT2D eigenvalue weighted by Gasteiger charge is -2.29. The van der Waals surface area contributed by atoms with Crippen LogP contribution in [0.15, 0.2) is 176 Å². The fourth-order valence-corrected chi connectivity index (χ4v) is 7.10. The van der Waals surface area contributed by atoms with E-state index in [4.69, 9.17) is 0 Å². The molecule has 45 heavy (non-hydrogen) atoms. The summed E-state index contributed by atoms with van der Waals surface area (Å²) in [4.78, 5) is 2.46. The maximum absolute atomic E-state index is 2.46. The molecule has 9 aromatic carbocycles. The van der Waals surface area contributed by atoms with E-state index in [1.165, 1.54) is 70.7 Å². The van der Waals surface area contributed by atoms with E-state index >= 15 is 0 Å². The van der Waals surface area contributed by atoms with E-state index in [2.05, 4.69) is 181 Å². The minimum absolute atomic E-state index is 1.13. The Hall–Kier alpha value is -5.92. The first-order chi connectivity index (χ1) is 22.3. The Balaban J connectivity index is 1.40. The molecule has 0 unspecified atom stereocenters. The van der Waals surface area contributed by atoms with E-state index in [1.54, 1.807) is 0 Å². The molecule has 0 amide bonds. The van der Waals surface area contributed by atoms with Gasteiger partial charge in [-0.1, -0.05) is 152 Å². The molecular weight excluding hydrogens is 542 g/mol. The van der Waals surface area contributed by atoms with Crippen molar-refractivity contribution in [2.45, 2.75) is 0 Å². The molecule has 0 atom stereocenters. The van der Waals surface area contributed by atoms with Gasteiger partial charge >= 0.3 is 0 Å². The molecular formula is C44H29N. The monoisotopic (exact) mass is 571 g/mol. The zero-order chi connectivity index (χ0) is 29.7.